The molecule has 0 spiro atoms. The van der Waals surface area contributed by atoms with Crippen LogP contribution in [-0.4, -0.2) is 56.0 Å². The number of nitrogen functional groups attached to an aromatic ring is 1. The molecule has 11 nitrogen and oxygen atoms in total. The zero-order chi connectivity index (χ0) is 31.9. The fraction of sp³-hybridized carbons (Fsp3) is 0.235. The van der Waals surface area contributed by atoms with E-state index in [1.54, 1.807) is 67.0 Å². The summed E-state index contributed by atoms with van der Waals surface area (Å²) >= 11 is 5.52. The van der Waals surface area contributed by atoms with Crippen LogP contribution in [0.15, 0.2) is 104 Å². The van der Waals surface area contributed by atoms with E-state index in [4.69, 9.17) is 36.9 Å². The summed E-state index contributed by atoms with van der Waals surface area (Å²) in [4.78, 5) is 38.8. The predicted octanol–water partition coefficient (Wildman–Crippen LogP) is 5.44. The fourth-order valence-electron chi connectivity index (χ4n) is 5.66. The van der Waals surface area contributed by atoms with E-state index in [-0.39, 0.29) is 42.1 Å². The molecule has 3 aromatic carbocycles. The van der Waals surface area contributed by atoms with E-state index in [0.29, 0.717) is 40.9 Å². The van der Waals surface area contributed by atoms with Gasteiger partial charge in [-0.25, -0.2) is 24.5 Å². The molecule has 0 saturated heterocycles. The lowest BCUT2D eigenvalue weighted by Gasteiger charge is -2.41. The minimum absolute atomic E-state index is 0.0613. The number of benzene rings is 3. The Balaban J connectivity index is 1.28. The lowest BCUT2D eigenvalue weighted by atomic mass is 9.75. The van der Waals surface area contributed by atoms with Crippen molar-refractivity contribution in [2.75, 3.05) is 18.9 Å². The number of anilines is 1. The molecule has 1 aliphatic carbocycles. The van der Waals surface area contributed by atoms with Crippen molar-refractivity contribution < 1.29 is 28.5 Å². The smallest absolute Gasteiger partial charge is 0.358 e. The molecule has 0 unspecified atom stereocenters. The van der Waals surface area contributed by atoms with Gasteiger partial charge in [0.2, 0.25) is 0 Å². The minimum atomic E-state index is -0.550. The summed E-state index contributed by atoms with van der Waals surface area (Å²) in [6.07, 6.45) is 3.30. The Bertz CT molecular complexity index is 1800. The molecule has 12 heteroatoms. The number of nitrogens with two attached hydrogens (primary N) is 1. The Hall–Kier alpha value is -5.36. The maximum Gasteiger partial charge on any atom is 0.358 e. The van der Waals surface area contributed by atoms with Gasteiger partial charge in [0.15, 0.2) is 11.5 Å². The summed E-state index contributed by atoms with van der Waals surface area (Å²) in [5, 5.41) is -0.0613. The SMILES string of the molecule is Nc1ncnc2c1ncn2[C@@H]1C[C@H](COC(=O)c2ccccc2)[C@@H](COC(=O)c2ccccc2)C[C@@H]1OC(=S)Oc1ccccc1. The summed E-state index contributed by atoms with van der Waals surface area (Å²) < 4.78 is 25.6. The molecular weight excluding hydrogens is 606 g/mol. The molecule has 5 aromatic rings. The van der Waals surface area contributed by atoms with Crippen LogP contribution >= 0.6 is 12.2 Å². The first kappa shape index (κ1) is 30.7. The number of aromatic nitrogens is 4. The molecule has 1 saturated carbocycles. The van der Waals surface area contributed by atoms with Crippen LogP contribution in [0.2, 0.25) is 0 Å². The number of imidazole rings is 1. The Kier molecular flexibility index (Phi) is 9.44. The monoisotopic (exact) mass is 637 g/mol. The van der Waals surface area contributed by atoms with E-state index >= 15 is 0 Å². The molecule has 2 N–H and O–H groups in total. The molecular formula is C34H31N5O6S. The van der Waals surface area contributed by atoms with Crippen LogP contribution in [0, 0.1) is 11.8 Å². The number of thiocarbonyl (C=S) groups is 1. The van der Waals surface area contributed by atoms with Crippen LogP contribution in [0.1, 0.15) is 39.6 Å². The van der Waals surface area contributed by atoms with Crippen molar-refractivity contribution in [3.8, 4) is 5.75 Å². The van der Waals surface area contributed by atoms with Gasteiger partial charge in [-0.15, -0.1) is 0 Å². The number of esters is 2. The van der Waals surface area contributed by atoms with Gasteiger partial charge in [0, 0.05) is 24.1 Å². The van der Waals surface area contributed by atoms with Crippen molar-refractivity contribution in [2.24, 2.45) is 11.8 Å². The maximum atomic E-state index is 12.9. The minimum Gasteiger partial charge on any atom is -0.462 e. The molecule has 2 heterocycles. The van der Waals surface area contributed by atoms with E-state index in [0.717, 1.165) is 0 Å². The lowest BCUT2D eigenvalue weighted by molar-refractivity contribution is -0.0289. The number of fused-ring (bicyclic) bond motifs is 1. The van der Waals surface area contributed by atoms with Crippen LogP contribution in [-0.2, 0) is 14.2 Å². The molecule has 234 valence electrons. The molecule has 1 fully saturated rings. The van der Waals surface area contributed by atoms with Crippen LogP contribution in [0.3, 0.4) is 0 Å². The van der Waals surface area contributed by atoms with Crippen molar-refractivity contribution in [2.45, 2.75) is 25.0 Å². The quantitative estimate of drug-likeness (QED) is 0.163. The van der Waals surface area contributed by atoms with E-state index in [9.17, 15) is 9.59 Å². The zero-order valence-electron chi connectivity index (χ0n) is 24.7. The number of carbonyl (C=O) groups is 2. The third-order valence-corrected chi connectivity index (χ3v) is 8.17. The van der Waals surface area contributed by atoms with E-state index in [2.05, 4.69) is 15.0 Å². The van der Waals surface area contributed by atoms with E-state index in [1.807, 2.05) is 34.9 Å². The summed E-state index contributed by atoms with van der Waals surface area (Å²) in [5.74, 6) is -0.600. The van der Waals surface area contributed by atoms with Gasteiger partial charge in [0.25, 0.3) is 0 Å². The highest BCUT2D eigenvalue weighted by Gasteiger charge is 2.42. The van der Waals surface area contributed by atoms with E-state index < -0.39 is 18.0 Å². The highest BCUT2D eigenvalue weighted by Crippen LogP contribution is 2.41. The van der Waals surface area contributed by atoms with Gasteiger partial charge in [-0.2, -0.15) is 0 Å². The molecule has 2 aromatic heterocycles. The third kappa shape index (κ3) is 7.13. The number of para-hydroxylation sites is 1. The number of nitrogens with zero attached hydrogens (tertiary/aromatic N) is 4. The average molecular weight is 638 g/mol. The summed E-state index contributed by atoms with van der Waals surface area (Å²) in [6.45, 7) is 0.152. The van der Waals surface area contributed by atoms with Crippen molar-refractivity contribution >= 4 is 46.4 Å². The number of hydrogen-bond donors (Lipinski definition) is 1. The van der Waals surface area contributed by atoms with Crippen molar-refractivity contribution in [3.63, 3.8) is 0 Å². The first-order valence-electron chi connectivity index (χ1n) is 14.8. The van der Waals surface area contributed by atoms with E-state index in [1.165, 1.54) is 6.33 Å². The summed E-state index contributed by atoms with van der Waals surface area (Å²) in [7, 11) is 0. The van der Waals surface area contributed by atoms with Gasteiger partial charge >= 0.3 is 17.2 Å². The average Bonchev–Trinajstić information content (AvgIpc) is 3.53. The number of rotatable bonds is 9. The normalized spacial score (nSPS) is 19.2. The number of ether oxygens (including phenoxy) is 4. The first-order valence-corrected chi connectivity index (χ1v) is 15.2. The lowest BCUT2D eigenvalue weighted by Crippen LogP contribution is -2.43. The largest absolute Gasteiger partial charge is 0.462 e. The van der Waals surface area contributed by atoms with Crippen LogP contribution in [0.4, 0.5) is 5.82 Å². The van der Waals surface area contributed by atoms with Crippen LogP contribution < -0.4 is 10.5 Å². The van der Waals surface area contributed by atoms with Crippen LogP contribution in [0.5, 0.6) is 5.75 Å². The van der Waals surface area contributed by atoms with Crippen molar-refractivity contribution in [1.29, 1.82) is 0 Å². The summed E-state index contributed by atoms with van der Waals surface area (Å²) in [5.41, 5.74) is 7.96. The topological polar surface area (TPSA) is 141 Å². The second-order valence-corrected chi connectivity index (χ2v) is 11.2. The second kappa shape index (κ2) is 14.2. The van der Waals surface area contributed by atoms with Crippen molar-refractivity contribution in [3.05, 3.63) is 115 Å². The Morgan fingerprint density at radius 1 is 0.783 bits per heavy atom. The molecule has 6 rings (SSSR count). The number of carbonyl (C=O) groups excluding carboxylic acids is 2. The van der Waals surface area contributed by atoms with Gasteiger partial charge in [-0.1, -0.05) is 54.6 Å². The fourth-order valence-corrected chi connectivity index (χ4v) is 5.88. The molecule has 1 aliphatic rings. The van der Waals surface area contributed by atoms with Gasteiger partial charge < -0.3 is 29.2 Å². The Morgan fingerprint density at radius 2 is 1.35 bits per heavy atom. The first-order chi connectivity index (χ1) is 22.5. The van der Waals surface area contributed by atoms with Gasteiger partial charge in [0.1, 0.15) is 23.7 Å². The molecule has 0 bridgehead atoms. The Morgan fingerprint density at radius 3 is 1.96 bits per heavy atom. The third-order valence-electron chi connectivity index (χ3n) is 7.99. The molecule has 4 atom stereocenters. The van der Waals surface area contributed by atoms with Crippen molar-refractivity contribution in [1.82, 2.24) is 19.5 Å². The maximum absolute atomic E-state index is 12.9. The number of hydrogen-bond acceptors (Lipinski definition) is 11. The van der Waals surface area contributed by atoms with Gasteiger partial charge in [0.05, 0.1) is 36.7 Å². The van der Waals surface area contributed by atoms with Crippen LogP contribution in [0.25, 0.3) is 11.2 Å². The Labute approximate surface area is 270 Å². The predicted molar refractivity (Wildman–Crippen MR) is 173 cm³/mol. The zero-order valence-corrected chi connectivity index (χ0v) is 25.5. The highest BCUT2D eigenvalue weighted by atomic mass is 32.1. The summed E-state index contributed by atoms with van der Waals surface area (Å²) in [6, 6.07) is 26.3. The molecule has 46 heavy (non-hydrogen) atoms. The molecule has 0 amide bonds. The standard InChI is InChI=1S/C34H31N5O6S/c35-30-29-31(37-20-36-30)39(21-38-29)27-16-24(18-42-32(40)22-10-4-1-5-11-22)25(19-43-33(41)23-12-6-2-7-13-23)17-28(27)45-34(46)44-26-14-8-3-9-15-26/h1-15,20-21,24-25,27-28H,16-19H2,(H2,35,36,37)/t24-,25-,27-,28+/m1/s1. The van der Waals surface area contributed by atoms with Gasteiger partial charge in [-0.3, -0.25) is 0 Å². The second-order valence-electron chi connectivity index (χ2n) is 10.9. The highest BCUT2D eigenvalue weighted by molar-refractivity contribution is 7.79. The molecule has 0 radical (unpaired) electrons. The van der Waals surface area contributed by atoms with Gasteiger partial charge in [-0.05, 0) is 49.2 Å². The molecule has 0 aliphatic heterocycles.